The molecule has 0 aliphatic heterocycles. The van der Waals surface area contributed by atoms with Crippen LogP contribution in [-0.4, -0.2) is 0 Å². The SMILES string of the molecule is C=CN(Br)c1ccccc1Br. The molecule has 1 aromatic rings. The number of nitrogens with zero attached hydrogens (tertiary/aromatic N) is 1. The van der Waals surface area contributed by atoms with Crippen LogP contribution in [0.1, 0.15) is 0 Å². The fraction of sp³-hybridized carbons (Fsp3) is 0. The molecule has 0 amide bonds. The van der Waals surface area contributed by atoms with Crippen LogP contribution < -0.4 is 3.93 Å². The molecular formula is C8H7Br2N. The smallest absolute Gasteiger partial charge is 0.0660 e. The van der Waals surface area contributed by atoms with Gasteiger partial charge in [-0.25, -0.2) is 0 Å². The van der Waals surface area contributed by atoms with Gasteiger partial charge in [-0.3, -0.25) is 3.93 Å². The molecule has 11 heavy (non-hydrogen) atoms. The molecule has 0 N–H and O–H groups in total. The number of halogens is 2. The van der Waals surface area contributed by atoms with Gasteiger partial charge >= 0.3 is 0 Å². The van der Waals surface area contributed by atoms with E-state index in [1.165, 1.54) is 0 Å². The van der Waals surface area contributed by atoms with Gasteiger partial charge in [0.15, 0.2) is 0 Å². The first-order valence-corrected chi connectivity index (χ1v) is 4.58. The average molecular weight is 277 g/mol. The van der Waals surface area contributed by atoms with Gasteiger partial charge in [-0.2, -0.15) is 0 Å². The van der Waals surface area contributed by atoms with Crippen LogP contribution in [0.5, 0.6) is 0 Å². The van der Waals surface area contributed by atoms with Crippen molar-refractivity contribution in [3.63, 3.8) is 0 Å². The minimum absolute atomic E-state index is 1.04. The van der Waals surface area contributed by atoms with Crippen molar-refractivity contribution in [2.75, 3.05) is 3.93 Å². The molecule has 58 valence electrons. The Labute approximate surface area is 83.2 Å². The molecule has 0 bridgehead atoms. The van der Waals surface area contributed by atoms with Gasteiger partial charge in [0.05, 0.1) is 21.8 Å². The molecule has 1 rings (SSSR count). The molecule has 0 unspecified atom stereocenters. The van der Waals surface area contributed by atoms with Crippen molar-refractivity contribution in [3.8, 4) is 0 Å². The van der Waals surface area contributed by atoms with Crippen LogP contribution in [0.15, 0.2) is 41.5 Å². The first-order chi connectivity index (χ1) is 5.25. The largest absolute Gasteiger partial charge is 0.284 e. The minimum atomic E-state index is 1.04. The van der Waals surface area contributed by atoms with Gasteiger partial charge in [-0.05, 0) is 28.1 Å². The topological polar surface area (TPSA) is 3.24 Å². The summed E-state index contributed by atoms with van der Waals surface area (Å²) in [4.78, 5) is 0. The van der Waals surface area contributed by atoms with Crippen LogP contribution in [0.25, 0.3) is 0 Å². The fourth-order valence-corrected chi connectivity index (χ4v) is 1.75. The van der Waals surface area contributed by atoms with E-state index in [0.29, 0.717) is 0 Å². The Balaban J connectivity index is 3.02. The maximum Gasteiger partial charge on any atom is 0.0660 e. The van der Waals surface area contributed by atoms with E-state index in [2.05, 4.69) is 38.7 Å². The third-order valence-electron chi connectivity index (χ3n) is 1.24. The van der Waals surface area contributed by atoms with Gasteiger partial charge in [0.25, 0.3) is 0 Å². The predicted molar refractivity (Wildman–Crippen MR) is 55.7 cm³/mol. The first kappa shape index (κ1) is 8.81. The minimum Gasteiger partial charge on any atom is -0.284 e. The summed E-state index contributed by atoms with van der Waals surface area (Å²) in [5.74, 6) is 0. The Morgan fingerprint density at radius 1 is 1.36 bits per heavy atom. The van der Waals surface area contributed by atoms with Crippen LogP contribution >= 0.6 is 32.1 Å². The molecule has 0 saturated heterocycles. The first-order valence-electron chi connectivity index (χ1n) is 3.08. The monoisotopic (exact) mass is 275 g/mol. The van der Waals surface area contributed by atoms with E-state index in [9.17, 15) is 0 Å². The highest BCUT2D eigenvalue weighted by atomic mass is 79.9. The summed E-state index contributed by atoms with van der Waals surface area (Å²) in [7, 11) is 0. The molecular weight excluding hydrogens is 270 g/mol. The maximum atomic E-state index is 3.64. The highest BCUT2D eigenvalue weighted by molar-refractivity contribution is 9.11. The van der Waals surface area contributed by atoms with Gasteiger partial charge < -0.3 is 0 Å². The second kappa shape index (κ2) is 3.93. The maximum absolute atomic E-state index is 3.64. The summed E-state index contributed by atoms with van der Waals surface area (Å²) in [6.45, 7) is 3.64. The summed E-state index contributed by atoms with van der Waals surface area (Å²) < 4.78 is 2.81. The van der Waals surface area contributed by atoms with Crippen LogP contribution in [0, 0.1) is 0 Å². The van der Waals surface area contributed by atoms with E-state index in [0.717, 1.165) is 10.2 Å². The van der Waals surface area contributed by atoms with Crippen molar-refractivity contribution < 1.29 is 0 Å². The van der Waals surface area contributed by atoms with E-state index in [1.54, 1.807) is 10.1 Å². The van der Waals surface area contributed by atoms with Crippen LogP contribution in [-0.2, 0) is 0 Å². The lowest BCUT2D eigenvalue weighted by Crippen LogP contribution is -1.97. The normalized spacial score (nSPS) is 9.27. The van der Waals surface area contributed by atoms with Crippen LogP contribution in [0.4, 0.5) is 5.69 Å². The summed E-state index contributed by atoms with van der Waals surface area (Å²) in [5, 5.41) is 0. The average Bonchev–Trinajstić information content (AvgIpc) is 2.04. The molecule has 0 radical (unpaired) electrons. The van der Waals surface area contributed by atoms with E-state index in [4.69, 9.17) is 0 Å². The van der Waals surface area contributed by atoms with Crippen molar-refractivity contribution in [1.82, 2.24) is 0 Å². The predicted octanol–water partition coefficient (Wildman–Crippen LogP) is 3.71. The third-order valence-corrected chi connectivity index (χ3v) is 2.59. The van der Waals surface area contributed by atoms with Gasteiger partial charge in [0, 0.05) is 10.7 Å². The molecule has 0 aliphatic carbocycles. The summed E-state index contributed by atoms with van der Waals surface area (Å²) >= 11 is 6.74. The lowest BCUT2D eigenvalue weighted by atomic mass is 10.3. The summed E-state index contributed by atoms with van der Waals surface area (Å²) in [5.41, 5.74) is 1.04. The number of rotatable bonds is 2. The van der Waals surface area contributed by atoms with E-state index in [1.807, 2.05) is 24.3 Å². The summed E-state index contributed by atoms with van der Waals surface area (Å²) in [6, 6.07) is 7.91. The number of hydrogen-bond donors (Lipinski definition) is 0. The molecule has 0 heterocycles. The molecule has 1 nitrogen and oxygen atoms in total. The molecule has 0 aromatic heterocycles. The van der Waals surface area contributed by atoms with Crippen molar-refractivity contribution in [2.45, 2.75) is 0 Å². The Kier molecular flexibility index (Phi) is 3.15. The highest BCUT2D eigenvalue weighted by Gasteiger charge is 2.00. The fourth-order valence-electron chi connectivity index (χ4n) is 0.723. The second-order valence-electron chi connectivity index (χ2n) is 1.95. The van der Waals surface area contributed by atoms with Gasteiger partial charge in [0.2, 0.25) is 0 Å². The molecule has 3 heteroatoms. The molecule has 1 aromatic carbocycles. The number of anilines is 1. The van der Waals surface area contributed by atoms with Crippen molar-refractivity contribution in [2.24, 2.45) is 0 Å². The Hall–Kier alpha value is -0.280. The molecule has 0 aliphatic rings. The molecule has 0 spiro atoms. The van der Waals surface area contributed by atoms with E-state index >= 15 is 0 Å². The number of hydrogen-bond acceptors (Lipinski definition) is 1. The zero-order valence-corrected chi connectivity index (χ0v) is 8.97. The van der Waals surface area contributed by atoms with Crippen molar-refractivity contribution in [3.05, 3.63) is 41.5 Å². The molecule has 0 saturated carbocycles. The Morgan fingerprint density at radius 3 is 2.55 bits per heavy atom. The Bertz CT molecular complexity index is 260. The van der Waals surface area contributed by atoms with E-state index in [-0.39, 0.29) is 0 Å². The zero-order valence-electron chi connectivity index (χ0n) is 5.80. The van der Waals surface area contributed by atoms with Crippen molar-refractivity contribution >= 4 is 37.8 Å². The number of para-hydroxylation sites is 1. The van der Waals surface area contributed by atoms with Crippen LogP contribution in [0.3, 0.4) is 0 Å². The number of benzene rings is 1. The lowest BCUT2D eigenvalue weighted by molar-refractivity contribution is 1.46. The molecule has 0 fully saturated rings. The third kappa shape index (κ3) is 2.07. The highest BCUT2D eigenvalue weighted by Crippen LogP contribution is 2.27. The van der Waals surface area contributed by atoms with Gasteiger partial charge in [-0.1, -0.05) is 18.7 Å². The van der Waals surface area contributed by atoms with E-state index < -0.39 is 0 Å². The van der Waals surface area contributed by atoms with Gasteiger partial charge in [-0.15, -0.1) is 0 Å². The van der Waals surface area contributed by atoms with Crippen LogP contribution in [0.2, 0.25) is 0 Å². The Morgan fingerprint density at radius 2 is 2.00 bits per heavy atom. The lowest BCUT2D eigenvalue weighted by Gasteiger charge is -2.11. The van der Waals surface area contributed by atoms with Crippen molar-refractivity contribution in [1.29, 1.82) is 0 Å². The summed E-state index contributed by atoms with van der Waals surface area (Å²) in [6.07, 6.45) is 1.69. The zero-order chi connectivity index (χ0) is 8.27. The quantitative estimate of drug-likeness (QED) is 0.745. The van der Waals surface area contributed by atoms with Gasteiger partial charge in [0.1, 0.15) is 0 Å². The molecule has 0 atom stereocenters. The second-order valence-corrected chi connectivity index (χ2v) is 3.56. The standard InChI is InChI=1S/C8H7Br2N/c1-2-11(10)8-6-4-3-5-7(8)9/h2-6H,1H2.